The molecule has 4 N–H and O–H groups in total. The van der Waals surface area contributed by atoms with Crippen molar-refractivity contribution in [2.24, 2.45) is 11.7 Å². The van der Waals surface area contributed by atoms with E-state index in [1.807, 2.05) is 6.07 Å². The fraction of sp³-hybridized carbons (Fsp3) is 0.462. The van der Waals surface area contributed by atoms with Gasteiger partial charge in [0, 0.05) is 25.6 Å². The van der Waals surface area contributed by atoms with Crippen molar-refractivity contribution in [1.29, 1.82) is 0 Å². The molecule has 2 rings (SSSR count). The molecule has 20 heavy (non-hydrogen) atoms. The van der Waals surface area contributed by atoms with E-state index in [1.54, 1.807) is 12.1 Å². The lowest BCUT2D eigenvalue weighted by molar-refractivity contribution is 0.0316. The highest BCUT2D eigenvalue weighted by Crippen LogP contribution is 2.31. The Morgan fingerprint density at radius 1 is 1.45 bits per heavy atom. The van der Waals surface area contributed by atoms with E-state index in [1.165, 1.54) is 0 Å². The van der Waals surface area contributed by atoms with Crippen molar-refractivity contribution in [3.05, 3.63) is 33.8 Å². The van der Waals surface area contributed by atoms with Gasteiger partial charge >= 0.3 is 6.03 Å². The molecule has 1 aliphatic heterocycles. The first-order chi connectivity index (χ1) is 9.58. The number of primary amides is 1. The SMILES string of the molecule is NC(=O)NC[C@@H]1CNCCOC1c1ccc(Cl)c(Cl)c1. The zero-order valence-electron chi connectivity index (χ0n) is 10.9. The predicted octanol–water partition coefficient (Wildman–Crippen LogP) is 1.94. The van der Waals surface area contributed by atoms with Crippen LogP contribution in [0.5, 0.6) is 0 Å². The number of hydrogen-bond acceptors (Lipinski definition) is 3. The molecule has 1 aromatic rings. The lowest BCUT2D eigenvalue weighted by atomic mass is 9.95. The van der Waals surface area contributed by atoms with Gasteiger partial charge in [-0.3, -0.25) is 0 Å². The number of halogens is 2. The first-order valence-electron chi connectivity index (χ1n) is 6.38. The molecule has 1 aliphatic rings. The smallest absolute Gasteiger partial charge is 0.312 e. The van der Waals surface area contributed by atoms with Crippen LogP contribution in [0.4, 0.5) is 4.79 Å². The summed E-state index contributed by atoms with van der Waals surface area (Å²) in [7, 11) is 0. The molecule has 1 aromatic carbocycles. The predicted molar refractivity (Wildman–Crippen MR) is 79.1 cm³/mol. The molecule has 1 saturated heterocycles. The molecule has 1 unspecified atom stereocenters. The molecule has 2 atom stereocenters. The largest absolute Gasteiger partial charge is 0.372 e. The minimum Gasteiger partial charge on any atom is -0.372 e. The average Bonchev–Trinajstić information content (AvgIpc) is 2.65. The Morgan fingerprint density at radius 2 is 2.25 bits per heavy atom. The molecule has 5 nitrogen and oxygen atoms in total. The van der Waals surface area contributed by atoms with E-state index in [0.29, 0.717) is 23.2 Å². The van der Waals surface area contributed by atoms with Crippen LogP contribution in [0.15, 0.2) is 18.2 Å². The molecule has 7 heteroatoms. The monoisotopic (exact) mass is 317 g/mol. The summed E-state index contributed by atoms with van der Waals surface area (Å²) < 4.78 is 5.87. The van der Waals surface area contributed by atoms with Gasteiger partial charge in [0.05, 0.1) is 22.8 Å². The maximum atomic E-state index is 10.9. The second-order valence-corrected chi connectivity index (χ2v) is 5.49. The number of carbonyl (C=O) groups excluding carboxylic acids is 1. The summed E-state index contributed by atoms with van der Waals surface area (Å²) in [5.41, 5.74) is 6.07. The summed E-state index contributed by atoms with van der Waals surface area (Å²) in [6.07, 6.45) is -0.161. The van der Waals surface area contributed by atoms with Gasteiger partial charge in [-0.25, -0.2) is 4.79 Å². The average molecular weight is 318 g/mol. The standard InChI is InChI=1S/C13H17Cl2N3O2/c14-10-2-1-8(5-11(10)15)12-9(7-18-13(16)19)6-17-3-4-20-12/h1-2,5,9,12,17H,3-4,6-7H2,(H3,16,18,19)/t9-,12?/m0/s1. The maximum absolute atomic E-state index is 10.9. The van der Waals surface area contributed by atoms with Crippen molar-refractivity contribution < 1.29 is 9.53 Å². The van der Waals surface area contributed by atoms with Crippen LogP contribution < -0.4 is 16.4 Å². The number of amides is 2. The van der Waals surface area contributed by atoms with Crippen molar-refractivity contribution in [1.82, 2.24) is 10.6 Å². The van der Waals surface area contributed by atoms with Gasteiger partial charge in [-0.2, -0.15) is 0 Å². The number of urea groups is 1. The molecule has 110 valence electrons. The number of nitrogens with two attached hydrogens (primary N) is 1. The van der Waals surface area contributed by atoms with Crippen molar-refractivity contribution in [3.63, 3.8) is 0 Å². The first kappa shape index (κ1) is 15.4. The molecule has 1 fully saturated rings. The Labute approximate surface area is 127 Å². The van der Waals surface area contributed by atoms with Crippen LogP contribution in [-0.2, 0) is 4.74 Å². The molecule has 2 amide bonds. The summed E-state index contributed by atoms with van der Waals surface area (Å²) >= 11 is 12.0. The van der Waals surface area contributed by atoms with Crippen LogP contribution in [0.1, 0.15) is 11.7 Å². The van der Waals surface area contributed by atoms with Crippen LogP contribution in [0.25, 0.3) is 0 Å². The normalized spacial score (nSPS) is 23.1. The number of hydrogen-bond donors (Lipinski definition) is 3. The van der Waals surface area contributed by atoms with E-state index < -0.39 is 6.03 Å². The summed E-state index contributed by atoms with van der Waals surface area (Å²) in [5.74, 6) is 0.0715. The molecule has 0 spiro atoms. The van der Waals surface area contributed by atoms with Crippen LogP contribution in [0, 0.1) is 5.92 Å². The van der Waals surface area contributed by atoms with Gasteiger partial charge in [0.2, 0.25) is 0 Å². The van der Waals surface area contributed by atoms with Crippen LogP contribution >= 0.6 is 23.2 Å². The highest BCUT2D eigenvalue weighted by molar-refractivity contribution is 6.42. The second-order valence-electron chi connectivity index (χ2n) is 4.67. The van der Waals surface area contributed by atoms with Gasteiger partial charge in [-0.15, -0.1) is 0 Å². The summed E-state index contributed by atoms with van der Waals surface area (Å²) in [5, 5.41) is 6.90. The molecular formula is C13H17Cl2N3O2. The third-order valence-corrected chi connectivity index (χ3v) is 3.96. The number of nitrogens with one attached hydrogen (secondary N) is 2. The van der Waals surface area contributed by atoms with Crippen LogP contribution in [-0.4, -0.2) is 32.3 Å². The molecular weight excluding hydrogens is 301 g/mol. The maximum Gasteiger partial charge on any atom is 0.312 e. The minimum absolute atomic E-state index is 0.0715. The minimum atomic E-state index is -0.540. The number of rotatable bonds is 3. The van der Waals surface area contributed by atoms with Gasteiger partial charge in [0.25, 0.3) is 0 Å². The zero-order chi connectivity index (χ0) is 14.5. The third kappa shape index (κ3) is 3.99. The van der Waals surface area contributed by atoms with E-state index >= 15 is 0 Å². The zero-order valence-corrected chi connectivity index (χ0v) is 12.4. The quantitative estimate of drug-likeness (QED) is 0.797. The highest BCUT2D eigenvalue weighted by Gasteiger charge is 2.26. The van der Waals surface area contributed by atoms with Crippen molar-refractivity contribution in [2.75, 3.05) is 26.2 Å². The lowest BCUT2D eigenvalue weighted by Crippen LogP contribution is -2.38. The molecule has 0 radical (unpaired) electrons. The van der Waals surface area contributed by atoms with Gasteiger partial charge in [-0.1, -0.05) is 29.3 Å². The summed E-state index contributed by atoms with van der Waals surface area (Å²) in [4.78, 5) is 10.9. The van der Waals surface area contributed by atoms with Gasteiger partial charge in [0.15, 0.2) is 0 Å². The number of benzene rings is 1. The van der Waals surface area contributed by atoms with Gasteiger partial charge in [0.1, 0.15) is 0 Å². The Bertz CT molecular complexity index is 485. The molecule has 0 saturated carbocycles. The Kier molecular flexibility index (Phi) is 5.48. The number of ether oxygens (including phenoxy) is 1. The molecule has 0 aromatic heterocycles. The highest BCUT2D eigenvalue weighted by atomic mass is 35.5. The summed E-state index contributed by atoms with van der Waals surface area (Å²) in [6, 6.07) is 4.90. The third-order valence-electron chi connectivity index (χ3n) is 3.22. The fourth-order valence-electron chi connectivity index (χ4n) is 2.26. The van der Waals surface area contributed by atoms with Crippen LogP contribution in [0.2, 0.25) is 10.0 Å². The van der Waals surface area contributed by atoms with Gasteiger partial charge in [-0.05, 0) is 17.7 Å². The molecule has 0 bridgehead atoms. The van der Waals surface area contributed by atoms with E-state index in [-0.39, 0.29) is 12.0 Å². The molecule has 0 aliphatic carbocycles. The Morgan fingerprint density at radius 3 is 2.95 bits per heavy atom. The topological polar surface area (TPSA) is 76.4 Å². The summed E-state index contributed by atoms with van der Waals surface area (Å²) in [6.45, 7) is 2.53. The second kappa shape index (κ2) is 7.13. The van der Waals surface area contributed by atoms with Crippen molar-refractivity contribution in [2.45, 2.75) is 6.10 Å². The van der Waals surface area contributed by atoms with E-state index in [4.69, 9.17) is 33.7 Å². The van der Waals surface area contributed by atoms with Crippen molar-refractivity contribution in [3.8, 4) is 0 Å². The Hall–Kier alpha value is -1.01. The van der Waals surface area contributed by atoms with E-state index in [9.17, 15) is 4.79 Å². The fourth-order valence-corrected chi connectivity index (χ4v) is 2.56. The van der Waals surface area contributed by atoms with Gasteiger partial charge < -0.3 is 21.1 Å². The lowest BCUT2D eigenvalue weighted by Gasteiger charge is -2.25. The molecule has 1 heterocycles. The van der Waals surface area contributed by atoms with E-state index in [0.717, 1.165) is 18.7 Å². The van der Waals surface area contributed by atoms with E-state index in [2.05, 4.69) is 10.6 Å². The van der Waals surface area contributed by atoms with Crippen molar-refractivity contribution >= 4 is 29.2 Å². The van der Waals surface area contributed by atoms with Crippen LogP contribution in [0.3, 0.4) is 0 Å². The number of carbonyl (C=O) groups is 1. The first-order valence-corrected chi connectivity index (χ1v) is 7.14. The Balaban J connectivity index is 2.18.